The van der Waals surface area contributed by atoms with Gasteiger partial charge in [-0.05, 0) is 82.5 Å². The van der Waals surface area contributed by atoms with Crippen LogP contribution in [0.25, 0.3) is 0 Å². The van der Waals surface area contributed by atoms with Gasteiger partial charge in [0.2, 0.25) is 17.7 Å². The van der Waals surface area contributed by atoms with Gasteiger partial charge in [0.25, 0.3) is 0 Å². The summed E-state index contributed by atoms with van der Waals surface area (Å²) in [5, 5.41) is 17.6. The summed E-state index contributed by atoms with van der Waals surface area (Å²) in [5.41, 5.74) is 0. The van der Waals surface area contributed by atoms with Crippen molar-refractivity contribution in [2.75, 3.05) is 26.4 Å². The maximum atomic E-state index is 13.3. The summed E-state index contributed by atoms with van der Waals surface area (Å²) in [5.74, 6) is -2.63. The monoisotopic (exact) mass is 940 g/mol. The second kappa shape index (κ2) is 31.7. The van der Waals surface area contributed by atoms with Gasteiger partial charge in [-0.1, -0.05) is 40.5 Å². The van der Waals surface area contributed by atoms with E-state index in [4.69, 9.17) is 33.5 Å². The van der Waals surface area contributed by atoms with Crippen molar-refractivity contribution in [2.45, 2.75) is 207 Å². The van der Waals surface area contributed by atoms with Gasteiger partial charge in [-0.25, -0.2) is 0 Å². The summed E-state index contributed by atoms with van der Waals surface area (Å²) < 4.78 is 34.8. The minimum absolute atomic E-state index is 0.0702. The lowest BCUT2D eigenvalue weighted by Crippen LogP contribution is -2.63. The summed E-state index contributed by atoms with van der Waals surface area (Å²) in [6.45, 7) is 14.7. The number of aliphatic carboxylic acids is 1. The van der Waals surface area contributed by atoms with E-state index in [-0.39, 0.29) is 91.5 Å². The normalized spacial score (nSPS) is 25.5. The predicted molar refractivity (Wildman–Crippen MR) is 242 cm³/mol. The molecule has 0 aromatic carbocycles. The fourth-order valence-corrected chi connectivity index (χ4v) is 8.68. The Bertz CT molecular complexity index is 1540. The number of carboxylic acid groups (broad SMARTS) is 1. The van der Waals surface area contributed by atoms with Crippen LogP contribution in [0, 0.1) is 23.7 Å². The fourth-order valence-electron chi connectivity index (χ4n) is 8.68. The lowest BCUT2D eigenvalue weighted by atomic mass is 9.77. The molecule has 0 spiro atoms. The molecule has 0 radical (unpaired) electrons. The second-order valence-electron chi connectivity index (χ2n) is 18.1. The molecule has 66 heavy (non-hydrogen) atoms. The highest BCUT2D eigenvalue weighted by molar-refractivity contribution is 5.89. The van der Waals surface area contributed by atoms with Crippen LogP contribution >= 0.6 is 0 Å². The van der Waals surface area contributed by atoms with Crippen LogP contribution in [0.3, 0.4) is 0 Å². The molecular formula is C48H81N3O15. The Morgan fingerprint density at radius 3 is 1.88 bits per heavy atom. The van der Waals surface area contributed by atoms with Crippen molar-refractivity contribution < 1.29 is 71.9 Å². The van der Waals surface area contributed by atoms with Crippen molar-refractivity contribution in [3.63, 3.8) is 0 Å². The summed E-state index contributed by atoms with van der Waals surface area (Å²) >= 11 is 0. The van der Waals surface area contributed by atoms with Gasteiger partial charge in [0, 0.05) is 85.0 Å². The van der Waals surface area contributed by atoms with Crippen LogP contribution in [0.1, 0.15) is 165 Å². The zero-order chi connectivity index (χ0) is 49.2. The molecule has 0 bridgehead atoms. The molecule has 4 N–H and O–H groups in total. The second-order valence-corrected chi connectivity index (χ2v) is 18.1. The molecule has 3 amide bonds. The van der Waals surface area contributed by atoms with Crippen LogP contribution in [-0.2, 0) is 66.8 Å². The SMILES string of the molecule is CCC1CC(OCCCCC(=O)NCCCC[C@@H](NC(=O)CCCCOC2OC(COC(C)=O)C(C)C(C)C2C)C(=O)CCCCCCC(=O)O)C(NC(C)=O)C(OC(C)=O)C1OC(C)=O. The quantitative estimate of drug-likeness (QED) is 0.0370. The number of esters is 3. The zero-order valence-electron chi connectivity index (χ0n) is 40.9. The lowest BCUT2D eigenvalue weighted by molar-refractivity contribution is -0.255. The number of nitrogens with one attached hydrogen (secondary N) is 3. The van der Waals surface area contributed by atoms with Crippen LogP contribution < -0.4 is 16.0 Å². The van der Waals surface area contributed by atoms with E-state index in [1.54, 1.807) is 0 Å². The number of ketones is 1. The highest BCUT2D eigenvalue weighted by Crippen LogP contribution is 2.36. The third-order valence-electron chi connectivity index (χ3n) is 12.8. The number of carbonyl (C=O) groups excluding carboxylic acids is 7. The van der Waals surface area contributed by atoms with Gasteiger partial charge in [0.1, 0.15) is 12.7 Å². The summed E-state index contributed by atoms with van der Waals surface area (Å²) in [6.07, 6.45) is 5.48. The molecule has 1 aliphatic carbocycles. The Morgan fingerprint density at radius 1 is 0.667 bits per heavy atom. The number of ether oxygens (including phenoxy) is 6. The molecule has 378 valence electrons. The number of carboxylic acids is 1. The van der Waals surface area contributed by atoms with Crippen molar-refractivity contribution in [3.8, 4) is 0 Å². The Hall–Kier alpha value is -4.16. The van der Waals surface area contributed by atoms with Crippen molar-refractivity contribution >= 4 is 47.4 Å². The van der Waals surface area contributed by atoms with Crippen molar-refractivity contribution in [1.82, 2.24) is 16.0 Å². The average molecular weight is 940 g/mol. The Morgan fingerprint density at radius 2 is 1.27 bits per heavy atom. The van der Waals surface area contributed by atoms with Crippen molar-refractivity contribution in [3.05, 3.63) is 0 Å². The van der Waals surface area contributed by atoms with E-state index < -0.39 is 54.6 Å². The largest absolute Gasteiger partial charge is 0.481 e. The Balaban J connectivity index is 1.81. The first-order valence-electron chi connectivity index (χ1n) is 24.3. The molecule has 1 heterocycles. The highest BCUT2D eigenvalue weighted by Gasteiger charge is 2.49. The standard InChI is InChI=1S/C48H81N3O15/c1-9-37-28-40(45(50-33(5)52)47(65-36(8)55)46(37)64-35(7)54)61-26-18-15-22-42(57)49-25-17-14-20-38(39(56)21-12-10-11-13-24-44(59)60)51-43(58)23-16-19-27-62-48-32(4)30(2)31(3)41(66-48)29-63-34(6)53/h30-32,37-38,40-41,45-48H,9-29H2,1-8H3,(H,49,57)(H,50,52)(H,51,58)(H,59,60)/t30?,31?,32?,37?,38-,40?,41?,45?,46?,47?,48?/m1/s1. The van der Waals surface area contributed by atoms with Gasteiger partial charge in [-0.3, -0.25) is 38.4 Å². The molecule has 0 aromatic heterocycles. The molecule has 2 rings (SSSR count). The number of unbranched alkanes of at least 4 members (excludes halogenated alkanes) is 6. The maximum Gasteiger partial charge on any atom is 0.303 e. The number of amides is 3. The van der Waals surface area contributed by atoms with Crippen LogP contribution in [0.5, 0.6) is 0 Å². The molecule has 2 fully saturated rings. The van der Waals surface area contributed by atoms with E-state index in [0.717, 1.165) is 6.42 Å². The minimum atomic E-state index is -0.926. The molecule has 1 aliphatic heterocycles. The zero-order valence-corrected chi connectivity index (χ0v) is 40.9. The van der Waals surface area contributed by atoms with Gasteiger partial charge in [0.15, 0.2) is 18.2 Å². The average Bonchev–Trinajstić information content (AvgIpc) is 3.24. The van der Waals surface area contributed by atoms with Gasteiger partial charge in [-0.15, -0.1) is 0 Å². The molecule has 1 saturated carbocycles. The maximum absolute atomic E-state index is 13.3. The predicted octanol–water partition coefficient (Wildman–Crippen LogP) is 5.49. The van der Waals surface area contributed by atoms with E-state index in [1.165, 1.54) is 27.7 Å². The lowest BCUT2D eigenvalue weighted by Gasteiger charge is -2.45. The van der Waals surface area contributed by atoms with Crippen molar-refractivity contribution in [2.24, 2.45) is 23.7 Å². The highest BCUT2D eigenvalue weighted by atomic mass is 16.7. The first kappa shape index (κ1) is 58.0. The van der Waals surface area contributed by atoms with Crippen LogP contribution in [-0.4, -0.2) is 122 Å². The molecule has 10 unspecified atom stereocenters. The van der Waals surface area contributed by atoms with Crippen LogP contribution in [0.15, 0.2) is 0 Å². The fraction of sp³-hybridized carbons (Fsp3) is 0.833. The van der Waals surface area contributed by atoms with Crippen LogP contribution in [0.4, 0.5) is 0 Å². The van der Waals surface area contributed by atoms with Gasteiger partial charge >= 0.3 is 23.9 Å². The van der Waals surface area contributed by atoms with E-state index in [0.29, 0.717) is 96.8 Å². The van der Waals surface area contributed by atoms with Crippen molar-refractivity contribution in [1.29, 1.82) is 0 Å². The molecule has 2 aliphatic rings. The Kier molecular flexibility index (Phi) is 27.9. The van der Waals surface area contributed by atoms with Gasteiger partial charge in [0.05, 0.1) is 24.3 Å². The molecule has 11 atom stereocenters. The number of carbonyl (C=O) groups is 8. The summed E-state index contributed by atoms with van der Waals surface area (Å²) in [7, 11) is 0. The third kappa shape index (κ3) is 22.6. The number of Topliss-reactive ketones (excluding diaryl/α,β-unsaturated/α-hetero) is 1. The first-order chi connectivity index (χ1) is 31.3. The van der Waals surface area contributed by atoms with E-state index >= 15 is 0 Å². The molecule has 1 saturated heterocycles. The smallest absolute Gasteiger partial charge is 0.303 e. The number of hydrogen-bond donors (Lipinski definition) is 4. The van der Waals surface area contributed by atoms with Gasteiger partial charge < -0.3 is 49.5 Å². The molecular weight excluding hydrogens is 859 g/mol. The van der Waals surface area contributed by atoms with E-state index in [1.807, 2.05) is 6.92 Å². The number of hydrogen-bond acceptors (Lipinski definition) is 14. The van der Waals surface area contributed by atoms with E-state index in [9.17, 15) is 38.4 Å². The molecule has 18 nitrogen and oxygen atoms in total. The molecule has 0 aromatic rings. The molecule has 18 heteroatoms. The van der Waals surface area contributed by atoms with Crippen LogP contribution in [0.2, 0.25) is 0 Å². The van der Waals surface area contributed by atoms with Gasteiger partial charge in [-0.2, -0.15) is 0 Å². The Labute approximate surface area is 391 Å². The third-order valence-corrected chi connectivity index (χ3v) is 12.8. The van der Waals surface area contributed by atoms with E-state index in [2.05, 4.69) is 36.7 Å². The minimum Gasteiger partial charge on any atom is -0.481 e. The summed E-state index contributed by atoms with van der Waals surface area (Å²) in [6, 6.07) is -1.40. The summed E-state index contributed by atoms with van der Waals surface area (Å²) in [4.78, 5) is 97.4. The number of rotatable bonds is 32. The first-order valence-corrected chi connectivity index (χ1v) is 24.3. The topological polar surface area (TPSA) is 248 Å².